The van der Waals surface area contributed by atoms with Crippen molar-refractivity contribution in [2.24, 2.45) is 22.7 Å². The molecule has 0 aromatic rings. The van der Waals surface area contributed by atoms with E-state index in [1.165, 1.54) is 51.4 Å². The van der Waals surface area contributed by atoms with Gasteiger partial charge in [-0.1, -0.05) is 12.2 Å². The van der Waals surface area contributed by atoms with Gasteiger partial charge in [0.25, 0.3) is 0 Å². The normalized spacial score (nSPS) is 49.2. The summed E-state index contributed by atoms with van der Waals surface area (Å²) in [5.41, 5.74) is 1.30. The van der Waals surface area contributed by atoms with Crippen LogP contribution in [0.5, 0.6) is 0 Å². The van der Waals surface area contributed by atoms with Crippen molar-refractivity contribution in [3.8, 4) is 0 Å². The van der Waals surface area contributed by atoms with Gasteiger partial charge < -0.3 is 0 Å². The molecular weight excluding hydrogens is 192 g/mol. The highest BCUT2D eigenvalue weighted by atomic mass is 14.6. The highest BCUT2D eigenvalue weighted by Crippen LogP contribution is 2.67. The van der Waals surface area contributed by atoms with E-state index in [0.29, 0.717) is 10.8 Å². The molecule has 0 amide bonds. The van der Waals surface area contributed by atoms with E-state index in [-0.39, 0.29) is 0 Å². The molecule has 4 saturated carbocycles. The SMILES string of the molecule is C=CCC12CC3CC(C1)CC(CC=C)(C3)C2. The summed E-state index contributed by atoms with van der Waals surface area (Å²) >= 11 is 0. The monoisotopic (exact) mass is 216 g/mol. The van der Waals surface area contributed by atoms with E-state index in [1.807, 2.05) is 0 Å². The molecule has 16 heavy (non-hydrogen) atoms. The minimum atomic E-state index is 0.648. The first-order chi connectivity index (χ1) is 7.69. The topological polar surface area (TPSA) is 0 Å². The van der Waals surface area contributed by atoms with E-state index in [4.69, 9.17) is 0 Å². The zero-order valence-corrected chi connectivity index (χ0v) is 10.4. The van der Waals surface area contributed by atoms with Crippen LogP contribution in [-0.4, -0.2) is 0 Å². The fraction of sp³-hybridized carbons (Fsp3) is 0.750. The van der Waals surface area contributed by atoms with Crippen LogP contribution in [-0.2, 0) is 0 Å². The van der Waals surface area contributed by atoms with Gasteiger partial charge in [0.2, 0.25) is 0 Å². The fourth-order valence-electron chi connectivity index (χ4n) is 5.74. The molecule has 0 atom stereocenters. The second kappa shape index (κ2) is 3.48. The molecule has 0 aromatic heterocycles. The Balaban J connectivity index is 1.90. The summed E-state index contributed by atoms with van der Waals surface area (Å²) in [5.74, 6) is 2.06. The molecule has 0 nitrogen and oxygen atoms in total. The van der Waals surface area contributed by atoms with Gasteiger partial charge in [-0.05, 0) is 74.0 Å². The van der Waals surface area contributed by atoms with E-state index >= 15 is 0 Å². The van der Waals surface area contributed by atoms with Crippen molar-refractivity contribution in [2.45, 2.75) is 51.4 Å². The van der Waals surface area contributed by atoms with Crippen LogP contribution in [0.15, 0.2) is 25.3 Å². The Labute approximate surface area is 99.8 Å². The molecule has 0 unspecified atom stereocenters. The van der Waals surface area contributed by atoms with Crippen molar-refractivity contribution in [1.82, 2.24) is 0 Å². The molecule has 0 saturated heterocycles. The van der Waals surface area contributed by atoms with Crippen molar-refractivity contribution in [3.63, 3.8) is 0 Å². The Morgan fingerprint density at radius 1 is 0.875 bits per heavy atom. The third kappa shape index (κ3) is 1.49. The zero-order valence-electron chi connectivity index (χ0n) is 10.4. The number of hydrogen-bond acceptors (Lipinski definition) is 0. The van der Waals surface area contributed by atoms with Gasteiger partial charge in [-0.25, -0.2) is 0 Å². The van der Waals surface area contributed by atoms with E-state index in [0.717, 1.165) is 11.8 Å². The Morgan fingerprint density at radius 3 is 1.69 bits per heavy atom. The minimum absolute atomic E-state index is 0.648. The van der Waals surface area contributed by atoms with Gasteiger partial charge in [0.1, 0.15) is 0 Å². The molecule has 0 aliphatic heterocycles. The Bertz CT molecular complexity index is 270. The van der Waals surface area contributed by atoms with Crippen molar-refractivity contribution >= 4 is 0 Å². The number of rotatable bonds is 4. The first kappa shape index (κ1) is 10.6. The predicted molar refractivity (Wildman–Crippen MR) is 69.2 cm³/mol. The smallest absolute Gasteiger partial charge is 0.0252 e. The largest absolute Gasteiger partial charge is 0.103 e. The number of hydrogen-bond donors (Lipinski definition) is 0. The third-order valence-corrected chi connectivity index (χ3v) is 5.46. The van der Waals surface area contributed by atoms with Gasteiger partial charge in [-0.15, -0.1) is 13.2 Å². The quantitative estimate of drug-likeness (QED) is 0.596. The average molecular weight is 216 g/mol. The van der Waals surface area contributed by atoms with Crippen molar-refractivity contribution in [2.75, 3.05) is 0 Å². The maximum Gasteiger partial charge on any atom is -0.0252 e. The molecule has 4 fully saturated rings. The van der Waals surface area contributed by atoms with Crippen LogP contribution >= 0.6 is 0 Å². The lowest BCUT2D eigenvalue weighted by Crippen LogP contribution is -2.51. The molecule has 4 rings (SSSR count). The van der Waals surface area contributed by atoms with E-state index in [2.05, 4.69) is 25.3 Å². The van der Waals surface area contributed by atoms with Crippen molar-refractivity contribution in [3.05, 3.63) is 25.3 Å². The summed E-state index contributed by atoms with van der Waals surface area (Å²) in [6.45, 7) is 7.97. The molecule has 0 N–H and O–H groups in total. The summed E-state index contributed by atoms with van der Waals surface area (Å²) in [6, 6.07) is 0. The maximum atomic E-state index is 3.99. The Morgan fingerprint density at radius 2 is 1.31 bits per heavy atom. The van der Waals surface area contributed by atoms with E-state index in [1.54, 1.807) is 0 Å². The third-order valence-electron chi connectivity index (χ3n) is 5.46. The first-order valence-electron chi connectivity index (χ1n) is 6.91. The molecule has 0 aromatic carbocycles. The second-order valence-corrected chi connectivity index (χ2v) is 6.95. The average Bonchev–Trinajstić information content (AvgIpc) is 2.14. The molecule has 4 aliphatic carbocycles. The van der Waals surface area contributed by atoms with E-state index in [9.17, 15) is 0 Å². The summed E-state index contributed by atoms with van der Waals surface area (Å²) in [6.07, 6.45) is 15.8. The van der Waals surface area contributed by atoms with Crippen LogP contribution in [0.1, 0.15) is 51.4 Å². The minimum Gasteiger partial charge on any atom is -0.103 e. The standard InChI is InChI=1S/C16H24/c1-3-5-15-8-13-7-14(9-15)11-16(10-13,12-15)6-4-2/h3-4,13-14H,1-2,5-12H2. The summed E-state index contributed by atoms with van der Waals surface area (Å²) < 4.78 is 0. The molecule has 4 bridgehead atoms. The fourth-order valence-corrected chi connectivity index (χ4v) is 5.74. The molecule has 0 spiro atoms. The lowest BCUT2D eigenvalue weighted by molar-refractivity contribution is -0.107. The van der Waals surface area contributed by atoms with Crippen molar-refractivity contribution < 1.29 is 0 Å². The molecule has 88 valence electrons. The van der Waals surface area contributed by atoms with Gasteiger partial charge in [-0.3, -0.25) is 0 Å². The molecule has 0 heteroatoms. The van der Waals surface area contributed by atoms with Crippen LogP contribution in [0.25, 0.3) is 0 Å². The lowest BCUT2D eigenvalue weighted by atomic mass is 9.43. The highest BCUT2D eigenvalue weighted by Gasteiger charge is 2.56. The first-order valence-corrected chi connectivity index (χ1v) is 6.91. The highest BCUT2D eigenvalue weighted by molar-refractivity contribution is 5.10. The van der Waals surface area contributed by atoms with Crippen LogP contribution in [0.4, 0.5) is 0 Å². The molecule has 0 heterocycles. The Kier molecular flexibility index (Phi) is 2.31. The van der Waals surface area contributed by atoms with Crippen LogP contribution in [0.2, 0.25) is 0 Å². The van der Waals surface area contributed by atoms with Gasteiger partial charge in [0, 0.05) is 0 Å². The lowest BCUT2D eigenvalue weighted by Gasteiger charge is -2.62. The summed E-state index contributed by atoms with van der Waals surface area (Å²) in [7, 11) is 0. The van der Waals surface area contributed by atoms with Gasteiger partial charge in [0.05, 0.1) is 0 Å². The Hall–Kier alpha value is -0.520. The predicted octanol–water partition coefficient (Wildman–Crippen LogP) is 4.73. The molecule has 4 aliphatic rings. The second-order valence-electron chi connectivity index (χ2n) is 6.95. The number of allylic oxidation sites excluding steroid dienone is 2. The maximum absolute atomic E-state index is 3.99. The van der Waals surface area contributed by atoms with Gasteiger partial charge in [-0.2, -0.15) is 0 Å². The van der Waals surface area contributed by atoms with Crippen LogP contribution < -0.4 is 0 Å². The summed E-state index contributed by atoms with van der Waals surface area (Å²) in [5, 5.41) is 0. The van der Waals surface area contributed by atoms with Crippen LogP contribution in [0, 0.1) is 22.7 Å². The van der Waals surface area contributed by atoms with Crippen LogP contribution in [0.3, 0.4) is 0 Å². The van der Waals surface area contributed by atoms with Gasteiger partial charge >= 0.3 is 0 Å². The van der Waals surface area contributed by atoms with Crippen molar-refractivity contribution in [1.29, 1.82) is 0 Å². The molecular formula is C16H24. The summed E-state index contributed by atoms with van der Waals surface area (Å²) in [4.78, 5) is 0. The van der Waals surface area contributed by atoms with Gasteiger partial charge in [0.15, 0.2) is 0 Å². The zero-order chi connectivity index (χ0) is 11.2. The van der Waals surface area contributed by atoms with E-state index < -0.39 is 0 Å². The molecule has 0 radical (unpaired) electrons.